The van der Waals surface area contributed by atoms with E-state index in [0.717, 1.165) is 16.0 Å². The molecule has 2 amide bonds. The molecule has 1 heterocycles. The van der Waals surface area contributed by atoms with Gasteiger partial charge in [-0.2, -0.15) is 0 Å². The fraction of sp³-hybridized carbons (Fsp3) is 0.161. The van der Waals surface area contributed by atoms with Crippen LogP contribution < -0.4 is 10.6 Å². The first kappa shape index (κ1) is 29.6. The number of esters is 1. The van der Waals surface area contributed by atoms with E-state index in [0.29, 0.717) is 28.2 Å². The summed E-state index contributed by atoms with van der Waals surface area (Å²) in [6, 6.07) is 20.7. The largest absolute Gasteiger partial charge is 0.478 e. The molecule has 1 atom stereocenters. The highest BCUT2D eigenvalue weighted by Crippen LogP contribution is 2.37. The summed E-state index contributed by atoms with van der Waals surface area (Å²) in [5.74, 6) is -2.55. The van der Waals surface area contributed by atoms with Gasteiger partial charge in [0, 0.05) is 21.5 Å². The Morgan fingerprint density at radius 2 is 1.66 bits per heavy atom. The monoisotopic (exact) mass is 588 g/mol. The lowest BCUT2D eigenvalue weighted by Crippen LogP contribution is -2.25. The third-order valence-electron chi connectivity index (χ3n) is 6.22. The average molecular weight is 589 g/mol. The van der Waals surface area contributed by atoms with E-state index in [2.05, 4.69) is 10.6 Å². The molecule has 0 aliphatic carbocycles. The first-order valence-electron chi connectivity index (χ1n) is 12.7. The Balaban J connectivity index is 1.50. The fourth-order valence-electron chi connectivity index (χ4n) is 4.09. The zero-order chi connectivity index (χ0) is 29.5. The zero-order valence-electron chi connectivity index (χ0n) is 22.6. The number of benzene rings is 3. The standard InChI is InChI=1S/C31H28N2O6S2/c1-4-25(28(35)33-29-26(31(38)39-3)24(17-40-29)19-14-12-18(2)13-15-19)41-21-9-7-8-20(16-21)32-27(34)22-10-5-6-11-23(22)30(36)37/h5-17,25H,4H2,1-3H3,(H,32,34)(H,33,35)(H,36,37). The van der Waals surface area contributed by atoms with Gasteiger partial charge in [-0.05, 0) is 49.2 Å². The molecule has 3 aromatic carbocycles. The van der Waals surface area contributed by atoms with E-state index >= 15 is 0 Å². The number of hydrogen-bond acceptors (Lipinski definition) is 7. The topological polar surface area (TPSA) is 122 Å². The number of carboxylic acid groups (broad SMARTS) is 1. The Kier molecular flexibility index (Phi) is 9.59. The summed E-state index contributed by atoms with van der Waals surface area (Å²) in [5.41, 5.74) is 3.35. The predicted octanol–water partition coefficient (Wildman–Crippen LogP) is 6.97. The molecule has 0 aliphatic rings. The Morgan fingerprint density at radius 1 is 0.951 bits per heavy atom. The molecule has 0 fully saturated rings. The number of anilines is 2. The molecular formula is C31H28N2O6S2. The van der Waals surface area contributed by atoms with Crippen molar-refractivity contribution in [1.82, 2.24) is 0 Å². The number of thioether (sulfide) groups is 1. The summed E-state index contributed by atoms with van der Waals surface area (Å²) in [4.78, 5) is 51.1. The Labute approximate surface area is 245 Å². The van der Waals surface area contributed by atoms with Crippen LogP contribution in [0.4, 0.5) is 10.7 Å². The number of carboxylic acids is 1. The van der Waals surface area contributed by atoms with Gasteiger partial charge in [-0.15, -0.1) is 23.1 Å². The van der Waals surface area contributed by atoms with Crippen LogP contribution in [0, 0.1) is 6.92 Å². The van der Waals surface area contributed by atoms with Gasteiger partial charge in [0.2, 0.25) is 5.91 Å². The molecule has 0 saturated carbocycles. The first-order valence-corrected chi connectivity index (χ1v) is 14.5. The van der Waals surface area contributed by atoms with Gasteiger partial charge >= 0.3 is 11.9 Å². The SMILES string of the molecule is CCC(Sc1cccc(NC(=O)c2ccccc2C(=O)O)c1)C(=O)Nc1scc(-c2ccc(C)cc2)c1C(=O)OC. The summed E-state index contributed by atoms with van der Waals surface area (Å²) in [7, 11) is 1.31. The lowest BCUT2D eigenvalue weighted by Gasteiger charge is -2.16. The van der Waals surface area contributed by atoms with Crippen molar-refractivity contribution in [3.8, 4) is 11.1 Å². The van der Waals surface area contributed by atoms with Gasteiger partial charge in [0.05, 0.1) is 23.5 Å². The summed E-state index contributed by atoms with van der Waals surface area (Å²) >= 11 is 2.58. The molecular weight excluding hydrogens is 560 g/mol. The second-order valence-corrected chi connectivity index (χ2v) is 11.2. The highest BCUT2D eigenvalue weighted by atomic mass is 32.2. The van der Waals surface area contributed by atoms with Gasteiger partial charge in [0.25, 0.3) is 5.91 Å². The quantitative estimate of drug-likeness (QED) is 0.135. The summed E-state index contributed by atoms with van der Waals surface area (Å²) < 4.78 is 5.03. The lowest BCUT2D eigenvalue weighted by molar-refractivity contribution is -0.115. The third-order valence-corrected chi connectivity index (χ3v) is 8.47. The minimum Gasteiger partial charge on any atom is -0.478 e. The molecule has 4 rings (SSSR count). The number of rotatable bonds is 10. The number of hydrogen-bond donors (Lipinski definition) is 3. The number of aromatic carboxylic acids is 1. The number of carbonyl (C=O) groups is 4. The Bertz CT molecular complexity index is 1600. The maximum Gasteiger partial charge on any atom is 0.341 e. The molecule has 1 unspecified atom stereocenters. The molecule has 0 saturated heterocycles. The van der Waals surface area contributed by atoms with E-state index in [1.54, 1.807) is 30.3 Å². The summed E-state index contributed by atoms with van der Waals surface area (Å²) in [6.45, 7) is 3.87. The second-order valence-electron chi connectivity index (χ2n) is 9.05. The van der Waals surface area contributed by atoms with E-state index in [9.17, 15) is 24.3 Å². The number of amides is 2. The van der Waals surface area contributed by atoms with Gasteiger partial charge < -0.3 is 20.5 Å². The third kappa shape index (κ3) is 7.03. The molecule has 0 aliphatic heterocycles. The average Bonchev–Trinajstić information content (AvgIpc) is 3.39. The molecule has 210 valence electrons. The Hall–Kier alpha value is -4.41. The molecule has 0 spiro atoms. The van der Waals surface area contributed by atoms with Gasteiger partial charge in [-0.25, -0.2) is 9.59 Å². The van der Waals surface area contributed by atoms with Crippen LogP contribution in [-0.2, 0) is 9.53 Å². The fourth-order valence-corrected chi connectivity index (χ4v) is 6.07. The number of thiophene rings is 1. The molecule has 8 nitrogen and oxygen atoms in total. The van der Waals surface area contributed by atoms with Crippen molar-refractivity contribution in [2.45, 2.75) is 30.4 Å². The van der Waals surface area contributed by atoms with Crippen LogP contribution in [0.1, 0.15) is 50.0 Å². The van der Waals surface area contributed by atoms with Crippen molar-refractivity contribution in [3.05, 3.63) is 100 Å². The number of methoxy groups -OCH3 is 1. The van der Waals surface area contributed by atoms with Crippen LogP contribution in [0.25, 0.3) is 11.1 Å². The number of nitrogens with one attached hydrogen (secondary N) is 2. The minimum atomic E-state index is -1.19. The molecule has 1 aromatic heterocycles. The molecule has 3 N–H and O–H groups in total. The number of ether oxygens (including phenoxy) is 1. The highest BCUT2D eigenvalue weighted by molar-refractivity contribution is 8.00. The minimum absolute atomic E-state index is 0.0474. The molecule has 0 radical (unpaired) electrons. The molecule has 0 bridgehead atoms. The maximum atomic E-state index is 13.3. The summed E-state index contributed by atoms with van der Waals surface area (Å²) in [5, 5.41) is 16.8. The highest BCUT2D eigenvalue weighted by Gasteiger charge is 2.25. The Morgan fingerprint density at radius 3 is 2.32 bits per heavy atom. The van der Waals surface area contributed by atoms with Crippen LogP contribution in [0.2, 0.25) is 0 Å². The van der Waals surface area contributed by atoms with Crippen molar-refractivity contribution in [2.24, 2.45) is 0 Å². The van der Waals surface area contributed by atoms with Gasteiger partial charge in [-0.1, -0.05) is 55.0 Å². The molecule has 10 heteroatoms. The van der Waals surface area contributed by atoms with Crippen LogP contribution in [0.15, 0.2) is 83.1 Å². The van der Waals surface area contributed by atoms with Crippen molar-refractivity contribution in [1.29, 1.82) is 0 Å². The van der Waals surface area contributed by atoms with Crippen LogP contribution in [0.5, 0.6) is 0 Å². The van der Waals surface area contributed by atoms with Crippen molar-refractivity contribution in [2.75, 3.05) is 17.7 Å². The van der Waals surface area contributed by atoms with E-state index in [1.165, 1.54) is 42.3 Å². The van der Waals surface area contributed by atoms with Gasteiger partial charge in [0.15, 0.2) is 0 Å². The normalized spacial score (nSPS) is 11.4. The summed E-state index contributed by atoms with van der Waals surface area (Å²) in [6.07, 6.45) is 0.503. The predicted molar refractivity (Wildman–Crippen MR) is 162 cm³/mol. The van der Waals surface area contributed by atoms with Crippen LogP contribution in [0.3, 0.4) is 0 Å². The van der Waals surface area contributed by atoms with E-state index < -0.39 is 23.1 Å². The lowest BCUT2D eigenvalue weighted by atomic mass is 10.0. The second kappa shape index (κ2) is 13.3. The van der Waals surface area contributed by atoms with Crippen LogP contribution in [-0.4, -0.2) is 41.2 Å². The van der Waals surface area contributed by atoms with E-state index in [-0.39, 0.29) is 17.0 Å². The van der Waals surface area contributed by atoms with Crippen molar-refractivity contribution < 1.29 is 29.0 Å². The van der Waals surface area contributed by atoms with Crippen molar-refractivity contribution >= 4 is 57.5 Å². The number of carbonyl (C=O) groups excluding carboxylic acids is 3. The molecule has 41 heavy (non-hydrogen) atoms. The zero-order valence-corrected chi connectivity index (χ0v) is 24.2. The maximum absolute atomic E-state index is 13.3. The van der Waals surface area contributed by atoms with Crippen molar-refractivity contribution in [3.63, 3.8) is 0 Å². The van der Waals surface area contributed by atoms with Crippen LogP contribution >= 0.6 is 23.1 Å². The van der Waals surface area contributed by atoms with E-state index in [4.69, 9.17) is 4.74 Å². The first-order chi connectivity index (χ1) is 19.7. The van der Waals surface area contributed by atoms with Gasteiger partial charge in [-0.3, -0.25) is 9.59 Å². The number of aryl methyl sites for hydroxylation is 1. The van der Waals surface area contributed by atoms with Gasteiger partial charge in [0.1, 0.15) is 10.6 Å². The van der Waals surface area contributed by atoms with E-state index in [1.807, 2.05) is 49.6 Å². The smallest absolute Gasteiger partial charge is 0.341 e. The molecule has 4 aromatic rings.